The molecule has 2 aromatic heterocycles. The molecule has 88 valence electrons. The van der Waals surface area contributed by atoms with Gasteiger partial charge in [0.1, 0.15) is 6.61 Å². The third kappa shape index (κ3) is 2.14. The number of rotatable bonds is 3. The van der Waals surface area contributed by atoms with Crippen LogP contribution in [0.25, 0.3) is 0 Å². The second kappa shape index (κ2) is 4.55. The molecule has 0 unspecified atom stereocenters. The summed E-state index contributed by atoms with van der Waals surface area (Å²) in [7, 11) is 0. The van der Waals surface area contributed by atoms with Crippen LogP contribution in [0.2, 0.25) is 0 Å². The average molecular weight is 230 g/mol. The Hall–Kier alpha value is -1.88. The fourth-order valence-electron chi connectivity index (χ4n) is 2.01. The Balaban J connectivity index is 1.68. The zero-order chi connectivity index (χ0) is 11.5. The van der Waals surface area contributed by atoms with Gasteiger partial charge in [-0.3, -0.25) is 4.68 Å². The smallest absolute Gasteiger partial charge is 0.213 e. The van der Waals surface area contributed by atoms with Gasteiger partial charge in [-0.2, -0.15) is 5.10 Å². The molecule has 5 heteroatoms. The second-order valence-electron chi connectivity index (χ2n) is 4.03. The van der Waals surface area contributed by atoms with Crippen LogP contribution in [-0.2, 0) is 6.54 Å². The van der Waals surface area contributed by atoms with Crippen molar-refractivity contribution in [3.8, 4) is 5.88 Å². The molecule has 0 spiro atoms. The van der Waals surface area contributed by atoms with Gasteiger partial charge in [0, 0.05) is 31.5 Å². The fourth-order valence-corrected chi connectivity index (χ4v) is 2.01. The number of ether oxygens (including phenoxy) is 1. The van der Waals surface area contributed by atoms with Crippen LogP contribution in [0.1, 0.15) is 11.7 Å². The van der Waals surface area contributed by atoms with Crippen LogP contribution < -0.4 is 10.1 Å². The highest BCUT2D eigenvalue weighted by Crippen LogP contribution is 2.15. The predicted molar refractivity (Wildman–Crippen MR) is 62.7 cm³/mol. The van der Waals surface area contributed by atoms with Crippen molar-refractivity contribution in [1.29, 1.82) is 0 Å². The molecule has 3 rings (SSSR count). The highest BCUT2D eigenvalue weighted by Gasteiger charge is 2.20. The lowest BCUT2D eigenvalue weighted by Crippen LogP contribution is -2.36. The summed E-state index contributed by atoms with van der Waals surface area (Å²) < 4.78 is 7.69. The molecule has 1 N–H and O–H groups in total. The van der Waals surface area contributed by atoms with Crippen molar-refractivity contribution in [3.63, 3.8) is 0 Å². The first-order valence-corrected chi connectivity index (χ1v) is 5.70. The van der Waals surface area contributed by atoms with Crippen molar-refractivity contribution >= 4 is 0 Å². The van der Waals surface area contributed by atoms with Gasteiger partial charge in [0.2, 0.25) is 5.88 Å². The van der Waals surface area contributed by atoms with Gasteiger partial charge in [0.05, 0.1) is 11.7 Å². The molecule has 0 saturated carbocycles. The normalized spacial score (nSPS) is 18.7. The van der Waals surface area contributed by atoms with Crippen LogP contribution in [0.4, 0.5) is 0 Å². The molecule has 0 saturated heterocycles. The molecule has 0 amide bonds. The van der Waals surface area contributed by atoms with Gasteiger partial charge in [-0.05, 0) is 12.1 Å². The van der Waals surface area contributed by atoms with Crippen molar-refractivity contribution in [2.45, 2.75) is 12.6 Å². The van der Waals surface area contributed by atoms with E-state index >= 15 is 0 Å². The molecule has 0 radical (unpaired) electrons. The van der Waals surface area contributed by atoms with E-state index in [2.05, 4.69) is 15.4 Å². The summed E-state index contributed by atoms with van der Waals surface area (Å²) in [6, 6.07) is 7.91. The van der Waals surface area contributed by atoms with Crippen LogP contribution in [0.3, 0.4) is 0 Å². The van der Waals surface area contributed by atoms with Crippen LogP contribution in [0.5, 0.6) is 5.88 Å². The van der Waals surface area contributed by atoms with E-state index in [0.717, 1.165) is 13.1 Å². The molecule has 2 aromatic rings. The van der Waals surface area contributed by atoms with E-state index in [-0.39, 0.29) is 6.04 Å². The Morgan fingerprint density at radius 2 is 2.35 bits per heavy atom. The molecule has 1 atom stereocenters. The van der Waals surface area contributed by atoms with Gasteiger partial charge in [-0.1, -0.05) is 6.07 Å². The van der Waals surface area contributed by atoms with Gasteiger partial charge >= 0.3 is 0 Å². The van der Waals surface area contributed by atoms with E-state index in [4.69, 9.17) is 4.74 Å². The first kappa shape index (κ1) is 10.3. The maximum Gasteiger partial charge on any atom is 0.213 e. The Morgan fingerprint density at radius 3 is 3.24 bits per heavy atom. The Kier molecular flexibility index (Phi) is 2.75. The first-order valence-electron chi connectivity index (χ1n) is 5.70. The van der Waals surface area contributed by atoms with Crippen LogP contribution in [-0.4, -0.2) is 27.9 Å². The Bertz CT molecular complexity index is 482. The van der Waals surface area contributed by atoms with Crippen molar-refractivity contribution < 1.29 is 4.74 Å². The quantitative estimate of drug-likeness (QED) is 0.854. The molecule has 0 aromatic carbocycles. The van der Waals surface area contributed by atoms with Crippen molar-refractivity contribution in [2.75, 3.05) is 13.2 Å². The molecule has 3 heterocycles. The highest BCUT2D eigenvalue weighted by atomic mass is 16.5. The largest absolute Gasteiger partial charge is 0.475 e. The van der Waals surface area contributed by atoms with E-state index in [1.165, 1.54) is 5.69 Å². The number of pyridine rings is 1. The number of nitrogens with zero attached hydrogens (tertiary/aromatic N) is 3. The minimum absolute atomic E-state index is 0.232. The maximum atomic E-state index is 5.66. The topological polar surface area (TPSA) is 52.0 Å². The van der Waals surface area contributed by atoms with Crippen molar-refractivity contribution in [3.05, 3.63) is 42.4 Å². The van der Waals surface area contributed by atoms with Gasteiger partial charge < -0.3 is 10.1 Å². The number of hydrogen-bond acceptors (Lipinski definition) is 4. The molecule has 0 aliphatic carbocycles. The third-order valence-corrected chi connectivity index (χ3v) is 2.85. The zero-order valence-corrected chi connectivity index (χ0v) is 9.41. The molecule has 1 aliphatic rings. The Morgan fingerprint density at radius 1 is 1.35 bits per heavy atom. The molecule has 17 heavy (non-hydrogen) atoms. The summed E-state index contributed by atoms with van der Waals surface area (Å²) in [5.41, 5.74) is 1.20. The lowest BCUT2D eigenvalue weighted by Gasteiger charge is -2.25. The minimum atomic E-state index is 0.232. The minimum Gasteiger partial charge on any atom is -0.475 e. The number of aromatic nitrogens is 3. The van der Waals surface area contributed by atoms with Crippen molar-refractivity contribution in [1.82, 2.24) is 20.1 Å². The zero-order valence-electron chi connectivity index (χ0n) is 9.41. The third-order valence-electron chi connectivity index (χ3n) is 2.85. The Labute approximate surface area is 99.4 Å². The number of fused-ring (bicyclic) bond motifs is 1. The van der Waals surface area contributed by atoms with Gasteiger partial charge in [-0.15, -0.1) is 0 Å². The van der Waals surface area contributed by atoms with Crippen LogP contribution in [0, 0.1) is 0 Å². The molecule has 5 nitrogen and oxygen atoms in total. The van der Waals surface area contributed by atoms with E-state index in [1.807, 2.05) is 35.1 Å². The van der Waals surface area contributed by atoms with E-state index in [1.54, 1.807) is 6.20 Å². The van der Waals surface area contributed by atoms with E-state index in [0.29, 0.717) is 12.5 Å². The van der Waals surface area contributed by atoms with Gasteiger partial charge in [0.25, 0.3) is 0 Å². The molecular formula is C12H14N4O. The second-order valence-corrected chi connectivity index (χ2v) is 4.03. The number of nitrogens with one attached hydrogen (secondary N) is 1. The summed E-state index contributed by atoms with van der Waals surface area (Å²) in [6.45, 7) is 2.33. The maximum absolute atomic E-state index is 5.66. The fraction of sp³-hybridized carbons (Fsp3) is 0.333. The van der Waals surface area contributed by atoms with Gasteiger partial charge in [0.15, 0.2) is 0 Å². The van der Waals surface area contributed by atoms with E-state index in [9.17, 15) is 0 Å². The predicted octanol–water partition coefficient (Wildman–Crippen LogP) is 1.00. The molecular weight excluding hydrogens is 216 g/mol. The van der Waals surface area contributed by atoms with Gasteiger partial charge in [-0.25, -0.2) is 4.98 Å². The van der Waals surface area contributed by atoms with E-state index < -0.39 is 0 Å². The SMILES string of the molecule is c1ccc(OC[C@H]2CNCc3ccnn32)nc1. The summed E-state index contributed by atoms with van der Waals surface area (Å²) in [6.07, 6.45) is 3.56. The van der Waals surface area contributed by atoms with Crippen molar-refractivity contribution in [2.24, 2.45) is 0 Å². The lowest BCUT2D eigenvalue weighted by molar-refractivity contribution is 0.212. The van der Waals surface area contributed by atoms with Crippen LogP contribution in [0.15, 0.2) is 36.7 Å². The lowest BCUT2D eigenvalue weighted by atomic mass is 10.2. The molecule has 1 aliphatic heterocycles. The first-order chi connectivity index (χ1) is 8.43. The monoisotopic (exact) mass is 230 g/mol. The average Bonchev–Trinajstić information content (AvgIpc) is 2.86. The van der Waals surface area contributed by atoms with Crippen LogP contribution >= 0.6 is 0 Å². The molecule has 0 bridgehead atoms. The summed E-state index contributed by atoms with van der Waals surface area (Å²) in [5.74, 6) is 0.659. The summed E-state index contributed by atoms with van der Waals surface area (Å²) in [4.78, 5) is 4.13. The summed E-state index contributed by atoms with van der Waals surface area (Å²) >= 11 is 0. The summed E-state index contributed by atoms with van der Waals surface area (Å²) in [5, 5.41) is 7.68. The molecule has 0 fully saturated rings. The standard InChI is InChI=1S/C12H14N4O/c1-2-5-14-12(3-1)17-9-11-8-13-7-10-4-6-15-16(10)11/h1-6,11,13H,7-9H2/t11-/m1/s1. The number of hydrogen-bond donors (Lipinski definition) is 1. The highest BCUT2D eigenvalue weighted by molar-refractivity contribution is 5.10.